The molecule has 0 aromatic carbocycles. The molecule has 1 heterocycles. The van der Waals surface area contributed by atoms with Gasteiger partial charge in [-0.3, -0.25) is 0 Å². The van der Waals surface area contributed by atoms with Crippen molar-refractivity contribution in [1.29, 1.82) is 0 Å². The number of nitrogens with one attached hydrogen (secondary N) is 2. The van der Waals surface area contributed by atoms with Crippen molar-refractivity contribution in [1.82, 2.24) is 9.97 Å². The van der Waals surface area contributed by atoms with Gasteiger partial charge in [0.05, 0.1) is 6.61 Å². The maximum atomic E-state index is 5.39. The van der Waals surface area contributed by atoms with Gasteiger partial charge in [0.25, 0.3) is 0 Å². The van der Waals surface area contributed by atoms with Crippen LogP contribution in [0.25, 0.3) is 0 Å². The summed E-state index contributed by atoms with van der Waals surface area (Å²) in [7, 11) is 0. The molecule has 1 aromatic rings. The fourth-order valence-corrected chi connectivity index (χ4v) is 1.55. The van der Waals surface area contributed by atoms with E-state index >= 15 is 0 Å². The third-order valence-electron chi connectivity index (χ3n) is 2.59. The Morgan fingerprint density at radius 2 is 2.18 bits per heavy atom. The molecule has 1 fully saturated rings. The molecule has 0 saturated heterocycles. The van der Waals surface area contributed by atoms with E-state index < -0.39 is 0 Å². The highest BCUT2D eigenvalue weighted by Crippen LogP contribution is 2.38. The van der Waals surface area contributed by atoms with Crippen LogP contribution >= 0.6 is 0 Å². The Hall–Kier alpha value is -1.40. The van der Waals surface area contributed by atoms with Gasteiger partial charge in [-0.1, -0.05) is 0 Å². The molecule has 0 aliphatic heterocycles. The lowest BCUT2D eigenvalue weighted by Gasteiger charge is -2.09. The number of anilines is 2. The van der Waals surface area contributed by atoms with Crippen molar-refractivity contribution >= 4 is 11.6 Å². The van der Waals surface area contributed by atoms with Gasteiger partial charge in [0.1, 0.15) is 17.5 Å². The second-order valence-corrected chi connectivity index (χ2v) is 4.04. The van der Waals surface area contributed by atoms with E-state index in [4.69, 9.17) is 10.6 Å². The molecular weight excluding hydrogens is 218 g/mol. The van der Waals surface area contributed by atoms with E-state index in [1.54, 1.807) is 6.07 Å². The minimum atomic E-state index is 0.510. The molecule has 6 nitrogen and oxygen atoms in total. The predicted octanol–water partition coefficient (Wildman–Crippen LogP) is 1.09. The van der Waals surface area contributed by atoms with Gasteiger partial charge in [0.2, 0.25) is 0 Å². The molecular formula is C11H19N5O. The second-order valence-electron chi connectivity index (χ2n) is 4.04. The van der Waals surface area contributed by atoms with Crippen molar-refractivity contribution < 1.29 is 4.74 Å². The number of rotatable bonds is 7. The summed E-state index contributed by atoms with van der Waals surface area (Å²) in [6.07, 6.45) is 2.35. The standard InChI is InChI=1S/C11H19N5O/c1-2-17-6-5-13-9-7-10(16-12)15-11(14-9)8-3-4-8/h7-8H,2-6,12H2,1H3,(H2,13,14,15,16). The van der Waals surface area contributed by atoms with Crippen molar-refractivity contribution in [3.8, 4) is 0 Å². The van der Waals surface area contributed by atoms with E-state index in [1.165, 1.54) is 12.8 Å². The zero-order valence-electron chi connectivity index (χ0n) is 10.1. The van der Waals surface area contributed by atoms with E-state index in [2.05, 4.69) is 20.7 Å². The number of nitrogen functional groups attached to an aromatic ring is 1. The molecule has 0 unspecified atom stereocenters. The van der Waals surface area contributed by atoms with Crippen LogP contribution in [-0.2, 0) is 4.74 Å². The number of ether oxygens (including phenoxy) is 1. The van der Waals surface area contributed by atoms with E-state index in [0.717, 1.165) is 24.8 Å². The normalized spacial score (nSPS) is 14.7. The van der Waals surface area contributed by atoms with E-state index in [9.17, 15) is 0 Å². The van der Waals surface area contributed by atoms with E-state index in [1.807, 2.05) is 6.92 Å². The Labute approximate surface area is 101 Å². The molecule has 1 saturated carbocycles. The topological polar surface area (TPSA) is 85.1 Å². The third kappa shape index (κ3) is 3.54. The van der Waals surface area contributed by atoms with Crippen LogP contribution in [0.4, 0.5) is 11.6 Å². The zero-order chi connectivity index (χ0) is 12.1. The second kappa shape index (κ2) is 5.79. The summed E-state index contributed by atoms with van der Waals surface area (Å²) in [6, 6.07) is 1.80. The molecule has 94 valence electrons. The zero-order valence-corrected chi connectivity index (χ0v) is 10.1. The van der Waals surface area contributed by atoms with Crippen molar-refractivity contribution in [3.63, 3.8) is 0 Å². The Bertz CT molecular complexity index is 367. The molecule has 0 spiro atoms. The van der Waals surface area contributed by atoms with Gasteiger partial charge < -0.3 is 15.5 Å². The SMILES string of the molecule is CCOCCNc1cc(NN)nc(C2CC2)n1. The number of aromatic nitrogens is 2. The maximum absolute atomic E-state index is 5.39. The van der Waals surface area contributed by atoms with Crippen molar-refractivity contribution in [3.05, 3.63) is 11.9 Å². The Morgan fingerprint density at radius 1 is 1.41 bits per heavy atom. The van der Waals surface area contributed by atoms with Crippen LogP contribution in [0, 0.1) is 0 Å². The summed E-state index contributed by atoms with van der Waals surface area (Å²) in [5.41, 5.74) is 2.57. The summed E-state index contributed by atoms with van der Waals surface area (Å²) < 4.78 is 5.26. The highest BCUT2D eigenvalue weighted by Gasteiger charge is 2.27. The van der Waals surface area contributed by atoms with Crippen LogP contribution < -0.4 is 16.6 Å². The van der Waals surface area contributed by atoms with Gasteiger partial charge >= 0.3 is 0 Å². The molecule has 0 bridgehead atoms. The Kier molecular flexibility index (Phi) is 4.11. The summed E-state index contributed by atoms with van der Waals surface area (Å²) in [6.45, 7) is 4.12. The smallest absolute Gasteiger partial charge is 0.145 e. The monoisotopic (exact) mass is 237 g/mol. The minimum Gasteiger partial charge on any atom is -0.380 e. The van der Waals surface area contributed by atoms with Gasteiger partial charge in [0, 0.05) is 25.1 Å². The Balaban J connectivity index is 1.97. The lowest BCUT2D eigenvalue weighted by molar-refractivity contribution is 0.158. The average Bonchev–Trinajstić information content (AvgIpc) is 3.18. The molecule has 6 heteroatoms. The third-order valence-corrected chi connectivity index (χ3v) is 2.59. The number of hydrazine groups is 1. The molecule has 1 aliphatic carbocycles. The summed E-state index contributed by atoms with van der Waals surface area (Å²) in [5, 5.41) is 3.21. The first-order valence-corrected chi connectivity index (χ1v) is 6.00. The molecule has 1 aromatic heterocycles. The molecule has 2 rings (SSSR count). The number of hydrogen-bond donors (Lipinski definition) is 3. The predicted molar refractivity (Wildman–Crippen MR) is 66.8 cm³/mol. The lowest BCUT2D eigenvalue weighted by atomic mass is 10.4. The minimum absolute atomic E-state index is 0.510. The van der Waals surface area contributed by atoms with Gasteiger partial charge in [-0.05, 0) is 19.8 Å². The summed E-state index contributed by atoms with van der Waals surface area (Å²) >= 11 is 0. The highest BCUT2D eigenvalue weighted by atomic mass is 16.5. The fourth-order valence-electron chi connectivity index (χ4n) is 1.55. The van der Waals surface area contributed by atoms with Gasteiger partial charge in [0.15, 0.2) is 0 Å². The van der Waals surface area contributed by atoms with Crippen molar-refractivity contribution in [2.75, 3.05) is 30.5 Å². The van der Waals surface area contributed by atoms with Crippen LogP contribution in [0.1, 0.15) is 31.5 Å². The number of nitrogens with zero attached hydrogens (tertiary/aromatic N) is 2. The molecule has 0 radical (unpaired) electrons. The van der Waals surface area contributed by atoms with Crippen LogP contribution in [0.3, 0.4) is 0 Å². The van der Waals surface area contributed by atoms with E-state index in [-0.39, 0.29) is 0 Å². The molecule has 1 aliphatic rings. The van der Waals surface area contributed by atoms with Crippen LogP contribution in [0.5, 0.6) is 0 Å². The first-order valence-electron chi connectivity index (χ1n) is 6.00. The molecule has 4 N–H and O–H groups in total. The molecule has 0 amide bonds. The van der Waals surface area contributed by atoms with Crippen LogP contribution in [0.2, 0.25) is 0 Å². The highest BCUT2D eigenvalue weighted by molar-refractivity contribution is 5.47. The van der Waals surface area contributed by atoms with Gasteiger partial charge in [-0.2, -0.15) is 0 Å². The largest absolute Gasteiger partial charge is 0.380 e. The van der Waals surface area contributed by atoms with Crippen molar-refractivity contribution in [2.24, 2.45) is 5.84 Å². The first-order chi connectivity index (χ1) is 8.33. The quantitative estimate of drug-likeness (QED) is 0.374. The Morgan fingerprint density at radius 3 is 2.82 bits per heavy atom. The first kappa shape index (κ1) is 12.1. The summed E-state index contributed by atoms with van der Waals surface area (Å²) in [4.78, 5) is 8.81. The van der Waals surface area contributed by atoms with Gasteiger partial charge in [-0.15, -0.1) is 0 Å². The summed E-state index contributed by atoms with van der Waals surface area (Å²) in [5.74, 6) is 8.23. The fraction of sp³-hybridized carbons (Fsp3) is 0.636. The van der Waals surface area contributed by atoms with Crippen LogP contribution in [-0.4, -0.2) is 29.7 Å². The van der Waals surface area contributed by atoms with Crippen LogP contribution in [0.15, 0.2) is 6.07 Å². The number of nitrogens with two attached hydrogens (primary N) is 1. The number of hydrogen-bond acceptors (Lipinski definition) is 6. The van der Waals surface area contributed by atoms with Crippen molar-refractivity contribution in [2.45, 2.75) is 25.7 Å². The average molecular weight is 237 g/mol. The maximum Gasteiger partial charge on any atom is 0.145 e. The molecule has 0 atom stereocenters. The molecule has 17 heavy (non-hydrogen) atoms. The van der Waals surface area contributed by atoms with E-state index in [0.29, 0.717) is 18.3 Å². The van der Waals surface area contributed by atoms with Gasteiger partial charge in [-0.25, -0.2) is 15.8 Å². The lowest BCUT2D eigenvalue weighted by Crippen LogP contribution is -2.14.